The summed E-state index contributed by atoms with van der Waals surface area (Å²) in [5, 5.41) is 2.94. The maximum Gasteiger partial charge on any atom is 0.255 e. The minimum Gasteiger partial charge on any atom is -0.493 e. The molecule has 0 saturated heterocycles. The summed E-state index contributed by atoms with van der Waals surface area (Å²) in [5.74, 6) is 1.98. The molecule has 0 aliphatic carbocycles. The van der Waals surface area contributed by atoms with E-state index in [0.717, 1.165) is 35.3 Å². The van der Waals surface area contributed by atoms with Gasteiger partial charge in [-0.15, -0.1) is 0 Å². The Hall–Kier alpha value is -4.00. The van der Waals surface area contributed by atoms with E-state index in [4.69, 9.17) is 14.2 Å². The summed E-state index contributed by atoms with van der Waals surface area (Å²) in [4.78, 5) is 20.8. The maximum atomic E-state index is 12.9. The predicted octanol–water partition coefficient (Wildman–Crippen LogP) is 4.63. The Kier molecular flexibility index (Phi) is 6.26. The van der Waals surface area contributed by atoms with Gasteiger partial charge in [0.1, 0.15) is 5.82 Å². The topological polar surface area (TPSA) is 85.5 Å². The smallest absolute Gasteiger partial charge is 0.255 e. The first kappa shape index (κ1) is 21.2. The van der Waals surface area contributed by atoms with Crippen LogP contribution in [0.2, 0.25) is 0 Å². The van der Waals surface area contributed by atoms with Crippen LogP contribution >= 0.6 is 0 Å². The number of H-pyrrole nitrogens is 1. The van der Waals surface area contributed by atoms with E-state index in [-0.39, 0.29) is 5.91 Å². The van der Waals surface area contributed by atoms with E-state index in [1.54, 1.807) is 12.1 Å². The summed E-state index contributed by atoms with van der Waals surface area (Å²) in [5.41, 5.74) is 4.23. The van der Waals surface area contributed by atoms with Crippen molar-refractivity contribution in [1.29, 1.82) is 0 Å². The zero-order valence-electron chi connectivity index (χ0n) is 18.3. The quantitative estimate of drug-likeness (QED) is 0.425. The molecule has 4 rings (SSSR count). The first-order valence-electron chi connectivity index (χ1n) is 10.2. The van der Waals surface area contributed by atoms with E-state index in [9.17, 15) is 4.79 Å². The molecule has 0 bridgehead atoms. The molecule has 32 heavy (non-hydrogen) atoms. The van der Waals surface area contributed by atoms with E-state index in [0.29, 0.717) is 28.5 Å². The van der Waals surface area contributed by atoms with Crippen molar-refractivity contribution in [3.05, 3.63) is 77.6 Å². The van der Waals surface area contributed by atoms with Crippen molar-refractivity contribution in [1.82, 2.24) is 9.97 Å². The zero-order chi connectivity index (χ0) is 22.5. The highest BCUT2D eigenvalue weighted by molar-refractivity contribution is 6.05. The van der Waals surface area contributed by atoms with Gasteiger partial charge >= 0.3 is 0 Å². The lowest BCUT2D eigenvalue weighted by Crippen LogP contribution is -2.13. The first-order valence-corrected chi connectivity index (χ1v) is 10.2. The summed E-state index contributed by atoms with van der Waals surface area (Å²) in [6, 6.07) is 19.0. The minimum atomic E-state index is -0.265. The lowest BCUT2D eigenvalue weighted by Gasteiger charge is -2.14. The summed E-state index contributed by atoms with van der Waals surface area (Å²) < 4.78 is 16.0. The highest BCUT2D eigenvalue weighted by Crippen LogP contribution is 2.38. The molecule has 0 radical (unpaired) electrons. The van der Waals surface area contributed by atoms with Crippen LogP contribution in [0.5, 0.6) is 17.2 Å². The third kappa shape index (κ3) is 4.51. The third-order valence-electron chi connectivity index (χ3n) is 5.20. The Morgan fingerprint density at radius 3 is 2.34 bits per heavy atom. The summed E-state index contributed by atoms with van der Waals surface area (Å²) >= 11 is 0. The molecule has 1 aromatic heterocycles. The summed E-state index contributed by atoms with van der Waals surface area (Å²) in [6.45, 7) is 0. The molecule has 0 unspecified atom stereocenters. The van der Waals surface area contributed by atoms with Gasteiger partial charge in [0, 0.05) is 17.7 Å². The largest absolute Gasteiger partial charge is 0.493 e. The number of aromatic amines is 1. The van der Waals surface area contributed by atoms with E-state index >= 15 is 0 Å². The van der Waals surface area contributed by atoms with Crippen LogP contribution in [0.15, 0.2) is 60.7 Å². The minimum absolute atomic E-state index is 0.265. The molecule has 0 aliphatic heterocycles. The first-order chi connectivity index (χ1) is 15.6. The van der Waals surface area contributed by atoms with Gasteiger partial charge in [-0.25, -0.2) is 4.98 Å². The number of ether oxygens (including phenoxy) is 3. The van der Waals surface area contributed by atoms with Gasteiger partial charge in [-0.3, -0.25) is 4.79 Å². The van der Waals surface area contributed by atoms with Gasteiger partial charge in [0.15, 0.2) is 11.5 Å². The summed E-state index contributed by atoms with van der Waals surface area (Å²) in [6.07, 6.45) is 1.58. The number of para-hydroxylation sites is 2. The fraction of sp³-hybridized carbons (Fsp3) is 0.200. The van der Waals surface area contributed by atoms with Crippen molar-refractivity contribution in [3.63, 3.8) is 0 Å². The van der Waals surface area contributed by atoms with E-state index < -0.39 is 0 Å². The highest BCUT2D eigenvalue weighted by Gasteiger charge is 2.17. The van der Waals surface area contributed by atoms with Crippen LogP contribution in [0, 0.1) is 0 Å². The number of imidazole rings is 1. The van der Waals surface area contributed by atoms with Gasteiger partial charge in [-0.2, -0.15) is 0 Å². The molecule has 164 valence electrons. The molecule has 7 nitrogen and oxygen atoms in total. The van der Waals surface area contributed by atoms with Crippen LogP contribution in [0.3, 0.4) is 0 Å². The van der Waals surface area contributed by atoms with Crippen molar-refractivity contribution >= 4 is 22.6 Å². The molecule has 0 aliphatic rings. The van der Waals surface area contributed by atoms with E-state index in [2.05, 4.69) is 15.3 Å². The molecular weight excluding hydrogens is 406 g/mol. The molecule has 7 heteroatoms. The Morgan fingerprint density at radius 1 is 0.906 bits per heavy atom. The van der Waals surface area contributed by atoms with Crippen LogP contribution in [-0.4, -0.2) is 37.2 Å². The standard InChI is InChI=1S/C25H25N3O4/c1-30-21-14-17(15-22(31-2)24(21)32-3)25(29)26-18-8-6-7-16(13-18)11-12-23-27-19-9-4-5-10-20(19)28-23/h4-10,13-15H,11-12H2,1-3H3,(H,26,29)(H,27,28). The van der Waals surface area contributed by atoms with Crippen LogP contribution in [-0.2, 0) is 12.8 Å². The van der Waals surface area contributed by atoms with Crippen LogP contribution in [0.1, 0.15) is 21.7 Å². The molecule has 1 amide bonds. The Morgan fingerprint density at radius 2 is 1.66 bits per heavy atom. The molecule has 0 spiro atoms. The van der Waals surface area contributed by atoms with Crippen LogP contribution in [0.4, 0.5) is 5.69 Å². The van der Waals surface area contributed by atoms with Crippen molar-refractivity contribution in [3.8, 4) is 17.2 Å². The number of hydrogen-bond donors (Lipinski definition) is 2. The average Bonchev–Trinajstić information content (AvgIpc) is 3.25. The maximum absolute atomic E-state index is 12.9. The molecule has 2 N–H and O–H groups in total. The second kappa shape index (κ2) is 9.43. The lowest BCUT2D eigenvalue weighted by atomic mass is 10.1. The molecule has 1 heterocycles. The Bertz CT molecular complexity index is 1190. The fourth-order valence-electron chi connectivity index (χ4n) is 3.61. The number of carbonyl (C=O) groups is 1. The number of nitrogens with zero attached hydrogens (tertiary/aromatic N) is 1. The number of fused-ring (bicyclic) bond motifs is 1. The Labute approximate surface area is 186 Å². The number of aromatic nitrogens is 2. The number of nitrogens with one attached hydrogen (secondary N) is 2. The van der Waals surface area contributed by atoms with Gasteiger partial charge in [-0.05, 0) is 48.4 Å². The molecular formula is C25H25N3O4. The van der Waals surface area contributed by atoms with E-state index in [1.807, 2.05) is 48.5 Å². The molecule has 0 saturated carbocycles. The Balaban J connectivity index is 1.47. The molecule has 0 fully saturated rings. The second-order valence-corrected chi connectivity index (χ2v) is 7.27. The SMILES string of the molecule is COc1cc(C(=O)Nc2cccc(CCc3nc4ccccc4[nH]3)c2)cc(OC)c1OC. The number of anilines is 1. The lowest BCUT2D eigenvalue weighted by molar-refractivity contribution is 0.102. The zero-order valence-corrected chi connectivity index (χ0v) is 18.3. The highest BCUT2D eigenvalue weighted by atomic mass is 16.5. The number of carbonyl (C=O) groups excluding carboxylic acids is 1. The average molecular weight is 431 g/mol. The number of amides is 1. The van der Waals surface area contributed by atoms with Crippen molar-refractivity contribution < 1.29 is 19.0 Å². The van der Waals surface area contributed by atoms with Crippen LogP contribution in [0.25, 0.3) is 11.0 Å². The fourth-order valence-corrected chi connectivity index (χ4v) is 3.61. The number of rotatable bonds is 8. The van der Waals surface area contributed by atoms with Crippen molar-refractivity contribution in [2.24, 2.45) is 0 Å². The van der Waals surface area contributed by atoms with Gasteiger partial charge < -0.3 is 24.5 Å². The third-order valence-corrected chi connectivity index (χ3v) is 5.20. The number of methoxy groups -OCH3 is 3. The van der Waals surface area contributed by atoms with E-state index in [1.165, 1.54) is 21.3 Å². The molecule has 0 atom stereocenters. The van der Waals surface area contributed by atoms with Crippen molar-refractivity contribution in [2.75, 3.05) is 26.6 Å². The predicted molar refractivity (Wildman–Crippen MR) is 124 cm³/mol. The molecule has 3 aromatic carbocycles. The van der Waals surface area contributed by atoms with Crippen LogP contribution < -0.4 is 19.5 Å². The normalized spacial score (nSPS) is 10.7. The van der Waals surface area contributed by atoms with Gasteiger partial charge in [-0.1, -0.05) is 24.3 Å². The van der Waals surface area contributed by atoms with Gasteiger partial charge in [0.05, 0.1) is 32.4 Å². The number of hydrogen-bond acceptors (Lipinski definition) is 5. The molecule has 4 aromatic rings. The van der Waals surface area contributed by atoms with Gasteiger partial charge in [0.2, 0.25) is 5.75 Å². The summed E-state index contributed by atoms with van der Waals surface area (Å²) in [7, 11) is 4.56. The second-order valence-electron chi connectivity index (χ2n) is 7.27. The van der Waals surface area contributed by atoms with Gasteiger partial charge in [0.25, 0.3) is 5.91 Å². The monoisotopic (exact) mass is 431 g/mol. The van der Waals surface area contributed by atoms with Crippen molar-refractivity contribution in [2.45, 2.75) is 12.8 Å². The number of benzene rings is 3. The number of aryl methyl sites for hydroxylation is 2.